The number of carbonyl (C=O) groups excluding carboxylic acids is 1. The molecule has 0 saturated carbocycles. The molecular formula is C14H9F2N3O. The van der Waals surface area contributed by atoms with Crippen molar-refractivity contribution < 1.29 is 13.6 Å². The number of nitrogens with one attached hydrogen (secondary N) is 1. The molecule has 1 N–H and O–H groups in total. The summed E-state index contributed by atoms with van der Waals surface area (Å²) in [5.41, 5.74) is 0.493. The normalized spacial score (nSPS) is 9.85. The lowest BCUT2D eigenvalue weighted by Crippen LogP contribution is -2.23. The van der Waals surface area contributed by atoms with Gasteiger partial charge in [0, 0.05) is 18.3 Å². The number of aromatic nitrogens is 1. The van der Waals surface area contributed by atoms with Crippen LogP contribution in [0.3, 0.4) is 0 Å². The van der Waals surface area contributed by atoms with E-state index in [9.17, 15) is 13.6 Å². The molecule has 1 aromatic carbocycles. The van der Waals surface area contributed by atoms with Crippen LogP contribution in [0.4, 0.5) is 8.78 Å². The molecule has 0 saturated heterocycles. The SMILES string of the molecule is N#Cc1ccc(CNC(=O)c2cncc(F)c2)c(F)c1. The average Bonchev–Trinajstić information content (AvgIpc) is 2.45. The number of rotatable bonds is 3. The van der Waals surface area contributed by atoms with Gasteiger partial charge in [0.2, 0.25) is 0 Å². The number of pyridine rings is 1. The van der Waals surface area contributed by atoms with Crippen molar-refractivity contribution in [3.8, 4) is 6.07 Å². The van der Waals surface area contributed by atoms with Gasteiger partial charge in [-0.05, 0) is 18.2 Å². The maximum absolute atomic E-state index is 13.6. The van der Waals surface area contributed by atoms with Gasteiger partial charge in [0.1, 0.15) is 11.6 Å². The molecule has 1 amide bonds. The molecule has 0 aliphatic heterocycles. The van der Waals surface area contributed by atoms with E-state index in [-0.39, 0.29) is 23.2 Å². The Kier molecular flexibility index (Phi) is 4.01. The van der Waals surface area contributed by atoms with Crippen molar-refractivity contribution in [3.63, 3.8) is 0 Å². The van der Waals surface area contributed by atoms with Crippen molar-refractivity contribution in [2.75, 3.05) is 0 Å². The number of benzene rings is 1. The first-order valence-electron chi connectivity index (χ1n) is 5.67. The van der Waals surface area contributed by atoms with Crippen LogP contribution in [-0.4, -0.2) is 10.9 Å². The van der Waals surface area contributed by atoms with Crippen LogP contribution in [0.15, 0.2) is 36.7 Å². The summed E-state index contributed by atoms with van der Waals surface area (Å²) in [5.74, 6) is -1.76. The van der Waals surface area contributed by atoms with Crippen molar-refractivity contribution in [1.29, 1.82) is 5.26 Å². The molecule has 0 bridgehead atoms. The highest BCUT2D eigenvalue weighted by Crippen LogP contribution is 2.10. The molecule has 0 unspecified atom stereocenters. The van der Waals surface area contributed by atoms with Crippen LogP contribution < -0.4 is 5.32 Å². The molecule has 0 spiro atoms. The third kappa shape index (κ3) is 3.14. The highest BCUT2D eigenvalue weighted by molar-refractivity contribution is 5.93. The molecule has 4 nitrogen and oxygen atoms in total. The van der Waals surface area contributed by atoms with Gasteiger partial charge in [-0.15, -0.1) is 0 Å². The first-order chi connectivity index (χ1) is 9.60. The molecular weight excluding hydrogens is 264 g/mol. The molecule has 0 radical (unpaired) electrons. The number of hydrogen-bond acceptors (Lipinski definition) is 3. The van der Waals surface area contributed by atoms with E-state index in [2.05, 4.69) is 10.3 Å². The smallest absolute Gasteiger partial charge is 0.253 e. The summed E-state index contributed by atoms with van der Waals surface area (Å²) in [5, 5.41) is 11.1. The summed E-state index contributed by atoms with van der Waals surface area (Å²) in [7, 11) is 0. The van der Waals surface area contributed by atoms with Crippen LogP contribution in [-0.2, 0) is 6.54 Å². The molecule has 0 fully saturated rings. The Balaban J connectivity index is 2.06. The molecule has 6 heteroatoms. The van der Waals surface area contributed by atoms with Crippen LogP contribution in [0.2, 0.25) is 0 Å². The first-order valence-corrected chi connectivity index (χ1v) is 5.67. The molecule has 2 rings (SSSR count). The van der Waals surface area contributed by atoms with Crippen molar-refractivity contribution in [3.05, 3.63) is 65.0 Å². The van der Waals surface area contributed by atoms with Gasteiger partial charge >= 0.3 is 0 Å². The van der Waals surface area contributed by atoms with Gasteiger partial charge in [0.05, 0.1) is 23.4 Å². The fraction of sp³-hybridized carbons (Fsp3) is 0.0714. The lowest BCUT2D eigenvalue weighted by molar-refractivity contribution is 0.0949. The van der Waals surface area contributed by atoms with E-state index in [1.54, 1.807) is 0 Å². The second-order valence-electron chi connectivity index (χ2n) is 3.99. The second kappa shape index (κ2) is 5.89. The van der Waals surface area contributed by atoms with Crippen LogP contribution in [0.25, 0.3) is 0 Å². The zero-order valence-electron chi connectivity index (χ0n) is 10.2. The quantitative estimate of drug-likeness (QED) is 0.931. The zero-order chi connectivity index (χ0) is 14.5. The van der Waals surface area contributed by atoms with Crippen LogP contribution >= 0.6 is 0 Å². The fourth-order valence-electron chi connectivity index (χ4n) is 1.57. The standard InChI is InChI=1S/C14H9F2N3O/c15-12-4-11(6-18-8-12)14(20)19-7-10-2-1-9(5-17)3-13(10)16/h1-4,6,8H,7H2,(H,19,20). The zero-order valence-corrected chi connectivity index (χ0v) is 10.2. The van der Waals surface area contributed by atoms with Gasteiger partial charge in [-0.25, -0.2) is 8.78 Å². The third-order valence-electron chi connectivity index (χ3n) is 2.59. The van der Waals surface area contributed by atoms with E-state index < -0.39 is 17.5 Å². The predicted octanol–water partition coefficient (Wildman–Crippen LogP) is 2.16. The van der Waals surface area contributed by atoms with Gasteiger partial charge in [-0.2, -0.15) is 5.26 Å². The molecule has 20 heavy (non-hydrogen) atoms. The van der Waals surface area contributed by atoms with E-state index in [4.69, 9.17) is 5.26 Å². The van der Waals surface area contributed by atoms with Crippen molar-refractivity contribution in [2.45, 2.75) is 6.54 Å². The minimum Gasteiger partial charge on any atom is -0.348 e. The van der Waals surface area contributed by atoms with Crippen molar-refractivity contribution >= 4 is 5.91 Å². The average molecular weight is 273 g/mol. The summed E-state index contributed by atoms with van der Waals surface area (Å²) in [6.07, 6.45) is 2.20. The summed E-state index contributed by atoms with van der Waals surface area (Å²) >= 11 is 0. The number of nitriles is 1. The molecule has 0 atom stereocenters. The number of nitrogens with zero attached hydrogens (tertiary/aromatic N) is 2. The maximum atomic E-state index is 13.6. The lowest BCUT2D eigenvalue weighted by Gasteiger charge is -2.06. The van der Waals surface area contributed by atoms with Crippen molar-refractivity contribution in [1.82, 2.24) is 10.3 Å². The van der Waals surface area contributed by atoms with Crippen LogP contribution in [0, 0.1) is 23.0 Å². The molecule has 1 heterocycles. The predicted molar refractivity (Wildman–Crippen MR) is 66.5 cm³/mol. The molecule has 1 aromatic heterocycles. The van der Waals surface area contributed by atoms with Gasteiger partial charge in [-0.3, -0.25) is 9.78 Å². The summed E-state index contributed by atoms with van der Waals surface area (Å²) in [6.45, 7) is -0.0626. The van der Waals surface area contributed by atoms with Crippen molar-refractivity contribution in [2.24, 2.45) is 0 Å². The van der Waals surface area contributed by atoms with E-state index in [1.165, 1.54) is 18.3 Å². The summed E-state index contributed by atoms with van der Waals surface area (Å²) in [4.78, 5) is 15.3. The van der Waals surface area contributed by atoms with E-state index in [0.29, 0.717) is 0 Å². The Labute approximate surface area is 113 Å². The third-order valence-corrected chi connectivity index (χ3v) is 2.59. The van der Waals surface area contributed by atoms with E-state index >= 15 is 0 Å². The number of carbonyl (C=O) groups is 1. The minimum atomic E-state index is -0.623. The Bertz CT molecular complexity index is 695. The molecule has 0 aliphatic carbocycles. The maximum Gasteiger partial charge on any atom is 0.253 e. The largest absolute Gasteiger partial charge is 0.348 e. The second-order valence-corrected chi connectivity index (χ2v) is 3.99. The van der Waals surface area contributed by atoms with Crippen LogP contribution in [0.5, 0.6) is 0 Å². The molecule has 2 aromatic rings. The van der Waals surface area contributed by atoms with Gasteiger partial charge in [0.15, 0.2) is 0 Å². The monoisotopic (exact) mass is 273 g/mol. The van der Waals surface area contributed by atoms with Gasteiger partial charge in [0.25, 0.3) is 5.91 Å². The van der Waals surface area contributed by atoms with E-state index in [1.807, 2.05) is 6.07 Å². The fourth-order valence-corrected chi connectivity index (χ4v) is 1.57. The highest BCUT2D eigenvalue weighted by Gasteiger charge is 2.09. The van der Waals surface area contributed by atoms with E-state index in [0.717, 1.165) is 18.3 Å². The summed E-state index contributed by atoms with van der Waals surface area (Å²) < 4.78 is 26.5. The van der Waals surface area contributed by atoms with Gasteiger partial charge < -0.3 is 5.32 Å². The summed E-state index contributed by atoms with van der Waals surface area (Å²) in [6, 6.07) is 6.81. The minimum absolute atomic E-state index is 0.0547. The van der Waals surface area contributed by atoms with Gasteiger partial charge in [-0.1, -0.05) is 6.07 Å². The number of amides is 1. The van der Waals surface area contributed by atoms with Crippen LogP contribution in [0.1, 0.15) is 21.5 Å². The molecule has 100 valence electrons. The number of hydrogen-bond donors (Lipinski definition) is 1. The Morgan fingerprint density at radius 2 is 2.10 bits per heavy atom. The highest BCUT2D eigenvalue weighted by atomic mass is 19.1. The first kappa shape index (κ1) is 13.6. The Morgan fingerprint density at radius 1 is 1.30 bits per heavy atom. The molecule has 0 aliphatic rings. The lowest BCUT2D eigenvalue weighted by atomic mass is 10.1. The Morgan fingerprint density at radius 3 is 2.75 bits per heavy atom. The number of halogens is 2. The topological polar surface area (TPSA) is 65.8 Å². The Hall–Kier alpha value is -2.81.